The Hall–Kier alpha value is -4.10. The molecule has 38 heavy (non-hydrogen) atoms. The van der Waals surface area contributed by atoms with Gasteiger partial charge in [-0.2, -0.15) is 0 Å². The van der Waals surface area contributed by atoms with Crippen molar-refractivity contribution >= 4 is 28.7 Å². The number of aromatic hydroxyl groups is 1. The van der Waals surface area contributed by atoms with Gasteiger partial charge in [-0.3, -0.25) is 14.7 Å². The number of amides is 1. The maximum Gasteiger partial charge on any atom is 0.251 e. The van der Waals surface area contributed by atoms with Gasteiger partial charge in [0, 0.05) is 29.2 Å². The summed E-state index contributed by atoms with van der Waals surface area (Å²) < 4.78 is 5.21. The van der Waals surface area contributed by atoms with E-state index in [0.29, 0.717) is 11.1 Å². The molecule has 1 atom stereocenters. The van der Waals surface area contributed by atoms with Crippen molar-refractivity contribution in [1.29, 1.82) is 0 Å². The summed E-state index contributed by atoms with van der Waals surface area (Å²) in [5, 5.41) is 14.3. The van der Waals surface area contributed by atoms with Crippen molar-refractivity contribution in [3.05, 3.63) is 89.0 Å². The second-order valence-electron chi connectivity index (χ2n) is 9.88. The third-order valence-corrected chi connectivity index (χ3v) is 7.18. The number of nitrogens with one attached hydrogen (secondary N) is 2. The van der Waals surface area contributed by atoms with Gasteiger partial charge in [-0.25, -0.2) is 0 Å². The molecule has 1 aliphatic rings. The van der Waals surface area contributed by atoms with Gasteiger partial charge in [0.05, 0.1) is 24.4 Å². The molecule has 4 aromatic rings. The number of aromatic amines is 1. The largest absolute Gasteiger partial charge is 0.497 e. The topological polar surface area (TPSA) is 89.9 Å². The van der Waals surface area contributed by atoms with Crippen molar-refractivity contribution in [2.75, 3.05) is 20.2 Å². The summed E-state index contributed by atoms with van der Waals surface area (Å²) >= 11 is 0. The van der Waals surface area contributed by atoms with E-state index in [1.54, 1.807) is 31.5 Å². The minimum absolute atomic E-state index is 0.0228. The maximum absolute atomic E-state index is 13.0. The number of benzene rings is 3. The number of hydrogen-bond donors (Lipinski definition) is 3. The second-order valence-corrected chi connectivity index (χ2v) is 9.88. The van der Waals surface area contributed by atoms with Gasteiger partial charge in [-0.05, 0) is 86.4 Å². The monoisotopic (exact) mass is 510 g/mol. The smallest absolute Gasteiger partial charge is 0.251 e. The number of rotatable bonds is 8. The molecule has 0 radical (unpaired) electrons. The lowest BCUT2D eigenvalue weighted by atomic mass is 10.1. The van der Waals surface area contributed by atoms with Crippen molar-refractivity contribution < 1.29 is 14.6 Å². The number of H-pyrrole nitrogens is 1. The molecular weight excluding hydrogens is 476 g/mol. The number of likely N-dealkylation sites (tertiary alicyclic amines) is 1. The zero-order valence-corrected chi connectivity index (χ0v) is 21.9. The summed E-state index contributed by atoms with van der Waals surface area (Å²) in [5.74, 6) is 0.602. The number of nitrogens with zero attached hydrogens (tertiary/aromatic N) is 2. The molecule has 5 rings (SSSR count). The van der Waals surface area contributed by atoms with E-state index in [9.17, 15) is 9.90 Å². The summed E-state index contributed by atoms with van der Waals surface area (Å²) in [5.41, 5.74) is 4.86. The second kappa shape index (κ2) is 11.5. The zero-order chi connectivity index (χ0) is 26.5. The molecule has 1 fully saturated rings. The Labute approximate surface area is 223 Å². The molecule has 196 valence electrons. The lowest BCUT2D eigenvalue weighted by Gasteiger charge is -2.26. The quantitative estimate of drug-likeness (QED) is 0.250. The lowest BCUT2D eigenvalue weighted by molar-refractivity contribution is 0.0940. The Morgan fingerprint density at radius 2 is 1.82 bits per heavy atom. The van der Waals surface area contributed by atoms with Crippen LogP contribution in [-0.2, 0) is 6.54 Å². The number of fused-ring (bicyclic) bond motifs is 1. The van der Waals surface area contributed by atoms with Gasteiger partial charge in [-0.15, -0.1) is 0 Å². The van der Waals surface area contributed by atoms with Crippen molar-refractivity contribution in [2.24, 2.45) is 4.99 Å². The van der Waals surface area contributed by atoms with Gasteiger partial charge >= 0.3 is 0 Å². The minimum Gasteiger partial charge on any atom is -0.497 e. The molecule has 1 aromatic heterocycles. The highest BCUT2D eigenvalue weighted by Crippen LogP contribution is 2.28. The van der Waals surface area contributed by atoms with Crippen LogP contribution in [0.5, 0.6) is 11.6 Å². The highest BCUT2D eigenvalue weighted by Gasteiger charge is 2.15. The SMILES string of the molecule is COc1ccc([C@@H](C)NC(=O)c2ccc3[nH]c(O)c(C=Nc4ccc(CN5CCCCC5)cc4)c3c2)cc1. The highest BCUT2D eigenvalue weighted by atomic mass is 16.5. The molecule has 0 spiro atoms. The van der Waals surface area contributed by atoms with Crippen LogP contribution < -0.4 is 10.1 Å². The standard InChI is InChI=1S/C31H34N4O3/c1-21(23-8-13-26(38-2)14-9-23)33-30(36)24-10-15-29-27(18-24)28(31(37)34-29)19-32-25-11-6-22(7-12-25)20-35-16-4-3-5-17-35/h6-15,18-19,21,34,37H,3-5,16-17,20H2,1-2H3,(H,33,36)/t21-/m1/s1. The molecule has 0 saturated carbocycles. The number of aliphatic imine (C=N–C) groups is 1. The molecule has 1 aliphatic heterocycles. The molecule has 1 saturated heterocycles. The number of hydrogen-bond acceptors (Lipinski definition) is 5. The van der Waals surface area contributed by atoms with Crippen molar-refractivity contribution in [3.8, 4) is 11.6 Å². The lowest BCUT2D eigenvalue weighted by Crippen LogP contribution is -2.28. The maximum atomic E-state index is 13.0. The molecule has 3 N–H and O–H groups in total. The number of carbonyl (C=O) groups is 1. The Balaban J connectivity index is 1.29. The van der Waals surface area contributed by atoms with Crippen LogP contribution in [0, 0.1) is 0 Å². The molecule has 7 heteroatoms. The molecule has 1 amide bonds. The number of aromatic nitrogens is 1. The van der Waals surface area contributed by atoms with Gasteiger partial charge in [-0.1, -0.05) is 30.7 Å². The highest BCUT2D eigenvalue weighted by molar-refractivity contribution is 6.06. The van der Waals surface area contributed by atoms with Gasteiger partial charge in [0.1, 0.15) is 5.75 Å². The minimum atomic E-state index is -0.192. The summed E-state index contributed by atoms with van der Waals surface area (Å²) in [6.45, 7) is 5.24. The van der Waals surface area contributed by atoms with Gasteiger partial charge in [0.15, 0.2) is 5.88 Å². The van der Waals surface area contributed by atoms with E-state index < -0.39 is 0 Å². The Morgan fingerprint density at radius 3 is 2.53 bits per heavy atom. The van der Waals surface area contributed by atoms with E-state index >= 15 is 0 Å². The fraction of sp³-hybridized carbons (Fsp3) is 0.290. The normalized spacial score (nSPS) is 15.1. The van der Waals surface area contributed by atoms with E-state index in [0.717, 1.165) is 34.4 Å². The predicted molar refractivity (Wildman–Crippen MR) is 152 cm³/mol. The van der Waals surface area contributed by atoms with Crippen LogP contribution >= 0.6 is 0 Å². The third-order valence-electron chi connectivity index (χ3n) is 7.18. The summed E-state index contributed by atoms with van der Waals surface area (Å²) in [7, 11) is 1.63. The summed E-state index contributed by atoms with van der Waals surface area (Å²) in [6, 6.07) is 21.0. The Kier molecular flexibility index (Phi) is 7.75. The molecule has 2 heterocycles. The van der Waals surface area contributed by atoms with Crippen LogP contribution in [0.15, 0.2) is 71.7 Å². The van der Waals surface area contributed by atoms with Crippen LogP contribution in [0.4, 0.5) is 5.69 Å². The van der Waals surface area contributed by atoms with Gasteiger partial charge in [0.2, 0.25) is 0 Å². The van der Waals surface area contributed by atoms with E-state index in [2.05, 4.69) is 32.3 Å². The molecule has 0 aliphatic carbocycles. The molecule has 0 unspecified atom stereocenters. The van der Waals surface area contributed by atoms with Crippen molar-refractivity contribution in [2.45, 2.75) is 38.8 Å². The van der Waals surface area contributed by atoms with Gasteiger partial charge < -0.3 is 20.1 Å². The third kappa shape index (κ3) is 5.89. The number of piperidine rings is 1. The van der Waals surface area contributed by atoms with E-state index in [-0.39, 0.29) is 17.8 Å². The van der Waals surface area contributed by atoms with E-state index in [1.165, 1.54) is 37.9 Å². The number of methoxy groups -OCH3 is 1. The first kappa shape index (κ1) is 25.5. The fourth-order valence-corrected chi connectivity index (χ4v) is 4.93. The zero-order valence-electron chi connectivity index (χ0n) is 21.9. The summed E-state index contributed by atoms with van der Waals surface area (Å²) in [4.78, 5) is 23.1. The van der Waals surface area contributed by atoms with Gasteiger partial charge in [0.25, 0.3) is 5.91 Å². The van der Waals surface area contributed by atoms with Crippen LogP contribution in [-0.4, -0.2) is 47.3 Å². The molecule has 7 nitrogen and oxygen atoms in total. The Bertz CT molecular complexity index is 1420. The first-order valence-corrected chi connectivity index (χ1v) is 13.1. The van der Waals surface area contributed by atoms with Crippen LogP contribution in [0.1, 0.15) is 59.3 Å². The van der Waals surface area contributed by atoms with Crippen LogP contribution in [0.2, 0.25) is 0 Å². The van der Waals surface area contributed by atoms with E-state index in [4.69, 9.17) is 4.74 Å². The number of ether oxygens (including phenoxy) is 1. The van der Waals surface area contributed by atoms with E-state index in [1.807, 2.05) is 43.3 Å². The Morgan fingerprint density at radius 1 is 1.08 bits per heavy atom. The first-order valence-electron chi connectivity index (χ1n) is 13.1. The molecule has 0 bridgehead atoms. The first-order chi connectivity index (χ1) is 18.5. The molecular formula is C31H34N4O3. The van der Waals surface area contributed by atoms with Crippen molar-refractivity contribution in [1.82, 2.24) is 15.2 Å². The van der Waals surface area contributed by atoms with Crippen molar-refractivity contribution in [3.63, 3.8) is 0 Å². The average Bonchev–Trinajstić information content (AvgIpc) is 3.27. The molecule has 3 aromatic carbocycles. The number of carbonyl (C=O) groups excluding carboxylic acids is 1. The predicted octanol–water partition coefficient (Wildman–Crippen LogP) is 6.11. The summed E-state index contributed by atoms with van der Waals surface area (Å²) in [6.07, 6.45) is 5.54. The average molecular weight is 511 g/mol. The van der Waals surface area contributed by atoms with Crippen LogP contribution in [0.25, 0.3) is 10.9 Å². The fourth-order valence-electron chi connectivity index (χ4n) is 4.93. The van der Waals surface area contributed by atoms with Crippen LogP contribution in [0.3, 0.4) is 0 Å².